The summed E-state index contributed by atoms with van der Waals surface area (Å²) in [6.45, 7) is 0.531. The predicted molar refractivity (Wildman–Crippen MR) is 73.2 cm³/mol. The molecule has 0 fully saturated rings. The van der Waals surface area contributed by atoms with E-state index in [9.17, 15) is 9.59 Å². The Morgan fingerprint density at radius 3 is 2.95 bits per heavy atom. The van der Waals surface area contributed by atoms with Crippen molar-refractivity contribution in [2.75, 3.05) is 18.6 Å². The Hall–Kier alpha value is -1.70. The van der Waals surface area contributed by atoms with Crippen molar-refractivity contribution in [3.8, 4) is 0 Å². The molecule has 0 spiro atoms. The number of carboxylic acids is 1. The summed E-state index contributed by atoms with van der Waals surface area (Å²) in [5.41, 5.74) is 0.662. The van der Waals surface area contributed by atoms with Crippen molar-refractivity contribution in [2.45, 2.75) is 18.9 Å². The van der Waals surface area contributed by atoms with Crippen LogP contribution in [0.25, 0.3) is 0 Å². The number of imidazole rings is 1. The third-order valence-corrected chi connectivity index (χ3v) is 3.09. The Labute approximate surface area is 115 Å². The van der Waals surface area contributed by atoms with Crippen molar-refractivity contribution in [1.29, 1.82) is 0 Å². The molecule has 0 bridgehead atoms. The van der Waals surface area contributed by atoms with E-state index in [1.165, 1.54) is 12.5 Å². The Morgan fingerprint density at radius 2 is 2.37 bits per heavy atom. The Kier molecular flexibility index (Phi) is 6.80. The SMILES string of the molecule is CSCCCNC(=O)N[C@H](Cc1cnc[nH]1)C(=O)O. The number of carbonyl (C=O) groups is 2. The second-order valence-corrected chi connectivity index (χ2v) is 4.90. The van der Waals surface area contributed by atoms with Gasteiger partial charge >= 0.3 is 12.0 Å². The second-order valence-electron chi connectivity index (χ2n) is 3.92. The van der Waals surface area contributed by atoms with E-state index in [0.717, 1.165) is 12.2 Å². The van der Waals surface area contributed by atoms with Gasteiger partial charge in [-0.1, -0.05) is 0 Å². The van der Waals surface area contributed by atoms with Crippen molar-refractivity contribution in [3.05, 3.63) is 18.2 Å². The summed E-state index contributed by atoms with van der Waals surface area (Å²) >= 11 is 1.70. The lowest BCUT2D eigenvalue weighted by molar-refractivity contribution is -0.139. The van der Waals surface area contributed by atoms with Gasteiger partial charge in [-0.25, -0.2) is 14.6 Å². The first-order chi connectivity index (χ1) is 9.13. The molecule has 1 aromatic heterocycles. The van der Waals surface area contributed by atoms with Crippen molar-refractivity contribution in [2.24, 2.45) is 0 Å². The standard InChI is InChI=1S/C11H18N4O3S/c1-19-4-2-3-13-11(18)15-9(10(16)17)5-8-6-12-7-14-8/h6-7,9H,2-5H2,1H3,(H,12,14)(H,16,17)(H2,13,15,18)/t9-/m1/s1. The van der Waals surface area contributed by atoms with E-state index in [0.29, 0.717) is 12.2 Å². The van der Waals surface area contributed by atoms with Crippen LogP contribution in [0.4, 0.5) is 4.79 Å². The second kappa shape index (κ2) is 8.41. The molecule has 19 heavy (non-hydrogen) atoms. The lowest BCUT2D eigenvalue weighted by atomic mass is 10.2. The van der Waals surface area contributed by atoms with Crippen LogP contribution >= 0.6 is 11.8 Å². The minimum absolute atomic E-state index is 0.174. The van der Waals surface area contributed by atoms with Crippen molar-refractivity contribution in [1.82, 2.24) is 20.6 Å². The highest BCUT2D eigenvalue weighted by Gasteiger charge is 2.20. The molecule has 1 aromatic rings. The van der Waals surface area contributed by atoms with E-state index in [2.05, 4.69) is 20.6 Å². The number of urea groups is 1. The summed E-state index contributed by atoms with van der Waals surface area (Å²) in [5, 5.41) is 14.1. The van der Waals surface area contributed by atoms with E-state index < -0.39 is 18.0 Å². The highest BCUT2D eigenvalue weighted by Crippen LogP contribution is 1.99. The molecule has 8 heteroatoms. The summed E-state index contributed by atoms with van der Waals surface area (Å²) in [5.74, 6) is -0.120. The Morgan fingerprint density at radius 1 is 1.58 bits per heavy atom. The number of hydrogen-bond donors (Lipinski definition) is 4. The number of aromatic amines is 1. The highest BCUT2D eigenvalue weighted by molar-refractivity contribution is 7.98. The van der Waals surface area contributed by atoms with Crippen LogP contribution in [-0.4, -0.2) is 51.7 Å². The van der Waals surface area contributed by atoms with Gasteiger partial charge in [0.1, 0.15) is 6.04 Å². The number of carboxylic acid groups (broad SMARTS) is 1. The number of rotatable bonds is 8. The van der Waals surface area contributed by atoms with E-state index in [1.807, 2.05) is 6.26 Å². The van der Waals surface area contributed by atoms with Gasteiger partial charge in [-0.05, 0) is 18.4 Å². The van der Waals surface area contributed by atoms with Gasteiger partial charge in [-0.2, -0.15) is 11.8 Å². The molecule has 0 aliphatic rings. The molecule has 1 rings (SSSR count). The maximum Gasteiger partial charge on any atom is 0.326 e. The van der Waals surface area contributed by atoms with Gasteiger partial charge in [0, 0.05) is 24.9 Å². The molecule has 0 aliphatic heterocycles. The third kappa shape index (κ3) is 6.14. The van der Waals surface area contributed by atoms with E-state index >= 15 is 0 Å². The van der Waals surface area contributed by atoms with Gasteiger partial charge in [0.25, 0.3) is 0 Å². The molecule has 0 saturated heterocycles. The summed E-state index contributed by atoms with van der Waals surface area (Å²) in [6, 6.07) is -1.44. The lowest BCUT2D eigenvalue weighted by Crippen LogP contribution is -2.47. The van der Waals surface area contributed by atoms with Crippen LogP contribution in [0, 0.1) is 0 Å². The molecule has 1 heterocycles. The predicted octanol–water partition coefficient (Wildman–Crippen LogP) is 0.458. The zero-order chi connectivity index (χ0) is 14.1. The van der Waals surface area contributed by atoms with E-state index in [-0.39, 0.29) is 6.42 Å². The molecule has 0 unspecified atom stereocenters. The van der Waals surface area contributed by atoms with Crippen molar-refractivity contribution < 1.29 is 14.7 Å². The number of amides is 2. The normalized spacial score (nSPS) is 11.8. The summed E-state index contributed by atoms with van der Waals surface area (Å²) in [4.78, 5) is 29.2. The quantitative estimate of drug-likeness (QED) is 0.519. The Bertz CT molecular complexity index is 397. The van der Waals surface area contributed by atoms with Crippen LogP contribution < -0.4 is 10.6 Å². The maximum absolute atomic E-state index is 11.5. The molecule has 0 saturated carbocycles. The lowest BCUT2D eigenvalue weighted by Gasteiger charge is -2.14. The monoisotopic (exact) mass is 286 g/mol. The van der Waals surface area contributed by atoms with E-state index in [4.69, 9.17) is 5.11 Å². The smallest absolute Gasteiger partial charge is 0.326 e. The van der Waals surface area contributed by atoms with Crippen LogP contribution in [-0.2, 0) is 11.2 Å². The topological polar surface area (TPSA) is 107 Å². The largest absolute Gasteiger partial charge is 0.480 e. The van der Waals surface area contributed by atoms with Gasteiger partial charge in [-0.15, -0.1) is 0 Å². The van der Waals surface area contributed by atoms with Crippen LogP contribution in [0.5, 0.6) is 0 Å². The molecular formula is C11H18N4O3S. The third-order valence-electron chi connectivity index (χ3n) is 2.39. The molecule has 0 aromatic carbocycles. The van der Waals surface area contributed by atoms with Crippen LogP contribution in [0.3, 0.4) is 0 Å². The summed E-state index contributed by atoms with van der Waals surface area (Å²) in [6.07, 6.45) is 6.02. The molecule has 106 valence electrons. The zero-order valence-corrected chi connectivity index (χ0v) is 11.5. The number of thioether (sulfide) groups is 1. The van der Waals surface area contributed by atoms with Crippen LogP contribution in [0.1, 0.15) is 12.1 Å². The summed E-state index contributed by atoms with van der Waals surface area (Å²) in [7, 11) is 0. The van der Waals surface area contributed by atoms with Crippen molar-refractivity contribution >= 4 is 23.8 Å². The van der Waals surface area contributed by atoms with Gasteiger partial charge < -0.3 is 20.7 Å². The average Bonchev–Trinajstić information content (AvgIpc) is 2.86. The fourth-order valence-electron chi connectivity index (χ4n) is 1.44. The minimum Gasteiger partial charge on any atom is -0.480 e. The first-order valence-corrected chi connectivity index (χ1v) is 7.26. The van der Waals surface area contributed by atoms with Crippen LogP contribution in [0.15, 0.2) is 12.5 Å². The first kappa shape index (κ1) is 15.4. The highest BCUT2D eigenvalue weighted by atomic mass is 32.2. The molecule has 1 atom stereocenters. The number of H-pyrrole nitrogens is 1. The fraction of sp³-hybridized carbons (Fsp3) is 0.545. The average molecular weight is 286 g/mol. The molecule has 2 amide bonds. The fourth-order valence-corrected chi connectivity index (χ4v) is 1.88. The number of carbonyl (C=O) groups excluding carboxylic acids is 1. The summed E-state index contributed by atoms with van der Waals surface area (Å²) < 4.78 is 0. The van der Waals surface area contributed by atoms with Crippen molar-refractivity contribution in [3.63, 3.8) is 0 Å². The minimum atomic E-state index is -1.08. The van der Waals surface area contributed by atoms with Gasteiger partial charge in [-0.3, -0.25) is 0 Å². The van der Waals surface area contributed by atoms with Gasteiger partial charge in [0.2, 0.25) is 0 Å². The zero-order valence-electron chi connectivity index (χ0n) is 10.7. The van der Waals surface area contributed by atoms with E-state index in [1.54, 1.807) is 11.8 Å². The molecule has 4 N–H and O–H groups in total. The molecular weight excluding hydrogens is 268 g/mol. The number of aromatic nitrogens is 2. The molecule has 7 nitrogen and oxygen atoms in total. The number of nitrogens with one attached hydrogen (secondary N) is 3. The Balaban J connectivity index is 2.36. The first-order valence-electron chi connectivity index (χ1n) is 5.87. The van der Waals surface area contributed by atoms with Gasteiger partial charge in [0.05, 0.1) is 6.33 Å². The number of nitrogens with zero attached hydrogens (tertiary/aromatic N) is 1. The molecule has 0 aliphatic carbocycles. The van der Waals surface area contributed by atoms with Gasteiger partial charge in [0.15, 0.2) is 0 Å². The number of aliphatic carboxylic acids is 1. The number of hydrogen-bond acceptors (Lipinski definition) is 4. The molecule has 0 radical (unpaired) electrons. The van der Waals surface area contributed by atoms with Crippen LogP contribution in [0.2, 0.25) is 0 Å². The maximum atomic E-state index is 11.5.